The Kier molecular flexibility index (Phi) is 1.64. The molecule has 3 nitrogen and oxygen atoms in total. The molecule has 0 spiro atoms. The van der Waals surface area contributed by atoms with Gasteiger partial charge in [0.1, 0.15) is 0 Å². The SMILES string of the molecule is OC[C@@H]1CO[C@@H]2CNC[C@H]12. The van der Waals surface area contributed by atoms with Gasteiger partial charge in [-0.2, -0.15) is 0 Å². The van der Waals surface area contributed by atoms with Gasteiger partial charge >= 0.3 is 0 Å². The van der Waals surface area contributed by atoms with Crippen LogP contribution in [0.5, 0.6) is 0 Å². The molecule has 2 aliphatic rings. The molecule has 2 heterocycles. The molecule has 2 saturated heterocycles. The van der Waals surface area contributed by atoms with Crippen molar-refractivity contribution in [3.8, 4) is 0 Å². The average Bonchev–Trinajstić information content (AvgIpc) is 2.44. The van der Waals surface area contributed by atoms with E-state index < -0.39 is 0 Å². The highest BCUT2D eigenvalue weighted by molar-refractivity contribution is 4.90. The third-order valence-electron chi connectivity index (χ3n) is 2.57. The first-order valence-electron chi connectivity index (χ1n) is 3.85. The lowest BCUT2D eigenvalue weighted by Gasteiger charge is -2.10. The van der Waals surface area contributed by atoms with Crippen LogP contribution in [0, 0.1) is 11.8 Å². The van der Waals surface area contributed by atoms with Crippen molar-refractivity contribution in [3.63, 3.8) is 0 Å². The molecule has 2 rings (SSSR count). The van der Waals surface area contributed by atoms with Crippen LogP contribution in [0.2, 0.25) is 0 Å². The minimum Gasteiger partial charge on any atom is -0.396 e. The van der Waals surface area contributed by atoms with E-state index in [1.807, 2.05) is 0 Å². The van der Waals surface area contributed by atoms with Crippen molar-refractivity contribution in [3.05, 3.63) is 0 Å². The summed E-state index contributed by atoms with van der Waals surface area (Å²) < 4.78 is 5.46. The number of nitrogens with one attached hydrogen (secondary N) is 1. The molecule has 0 bridgehead atoms. The number of hydrogen-bond acceptors (Lipinski definition) is 3. The van der Waals surface area contributed by atoms with Crippen LogP contribution in [-0.4, -0.2) is 37.5 Å². The predicted octanol–water partition coefficient (Wildman–Crippen LogP) is -0.787. The number of aliphatic hydroxyl groups excluding tert-OH is 1. The van der Waals surface area contributed by atoms with Gasteiger partial charge in [0.2, 0.25) is 0 Å². The summed E-state index contributed by atoms with van der Waals surface area (Å²) in [5.41, 5.74) is 0. The molecule has 2 fully saturated rings. The highest BCUT2D eigenvalue weighted by Crippen LogP contribution is 2.28. The van der Waals surface area contributed by atoms with E-state index in [1.54, 1.807) is 0 Å². The molecule has 0 aliphatic carbocycles. The molecule has 0 saturated carbocycles. The van der Waals surface area contributed by atoms with Crippen LogP contribution in [0.15, 0.2) is 0 Å². The smallest absolute Gasteiger partial charge is 0.0744 e. The molecule has 58 valence electrons. The molecular weight excluding hydrogens is 130 g/mol. The molecule has 2 N–H and O–H groups in total. The molecule has 0 amide bonds. The summed E-state index contributed by atoms with van der Waals surface area (Å²) in [5, 5.41) is 12.2. The average molecular weight is 143 g/mol. The van der Waals surface area contributed by atoms with Gasteiger partial charge in [0.05, 0.1) is 12.7 Å². The summed E-state index contributed by atoms with van der Waals surface area (Å²) in [5.74, 6) is 0.963. The predicted molar refractivity (Wildman–Crippen MR) is 36.7 cm³/mol. The lowest BCUT2D eigenvalue weighted by molar-refractivity contribution is 0.105. The third-order valence-corrected chi connectivity index (χ3v) is 2.57. The van der Waals surface area contributed by atoms with Crippen LogP contribution in [0.4, 0.5) is 0 Å². The van der Waals surface area contributed by atoms with E-state index in [-0.39, 0.29) is 6.61 Å². The zero-order valence-corrected chi connectivity index (χ0v) is 5.92. The van der Waals surface area contributed by atoms with Gasteiger partial charge < -0.3 is 15.2 Å². The molecule has 3 heteroatoms. The van der Waals surface area contributed by atoms with E-state index in [0.717, 1.165) is 19.7 Å². The first-order valence-corrected chi connectivity index (χ1v) is 3.85. The molecule has 2 aliphatic heterocycles. The summed E-state index contributed by atoms with van der Waals surface area (Å²) >= 11 is 0. The molecular formula is C7H13NO2. The Morgan fingerprint density at radius 3 is 3.20 bits per heavy atom. The largest absolute Gasteiger partial charge is 0.396 e. The molecule has 0 aromatic heterocycles. The first kappa shape index (κ1) is 6.58. The highest BCUT2D eigenvalue weighted by atomic mass is 16.5. The van der Waals surface area contributed by atoms with E-state index in [4.69, 9.17) is 9.84 Å². The number of ether oxygens (including phenoxy) is 1. The molecule has 10 heavy (non-hydrogen) atoms. The lowest BCUT2D eigenvalue weighted by atomic mass is 9.94. The van der Waals surface area contributed by atoms with Crippen molar-refractivity contribution in [2.24, 2.45) is 11.8 Å². The van der Waals surface area contributed by atoms with Gasteiger partial charge in [-0.05, 0) is 0 Å². The summed E-state index contributed by atoms with van der Waals surface area (Å²) in [6, 6.07) is 0. The molecule has 0 radical (unpaired) electrons. The monoisotopic (exact) mass is 143 g/mol. The number of aliphatic hydroxyl groups is 1. The van der Waals surface area contributed by atoms with Gasteiger partial charge in [0.25, 0.3) is 0 Å². The zero-order valence-electron chi connectivity index (χ0n) is 5.92. The van der Waals surface area contributed by atoms with E-state index in [1.165, 1.54) is 0 Å². The van der Waals surface area contributed by atoms with Crippen LogP contribution in [-0.2, 0) is 4.74 Å². The van der Waals surface area contributed by atoms with Gasteiger partial charge in [-0.1, -0.05) is 0 Å². The van der Waals surface area contributed by atoms with Crippen molar-refractivity contribution in [1.29, 1.82) is 0 Å². The van der Waals surface area contributed by atoms with Gasteiger partial charge in [-0.3, -0.25) is 0 Å². The normalized spacial score (nSPS) is 45.9. The summed E-state index contributed by atoms with van der Waals surface area (Å²) in [6.45, 7) is 3.04. The molecule has 0 aromatic carbocycles. The Morgan fingerprint density at radius 2 is 2.40 bits per heavy atom. The summed E-state index contributed by atoms with van der Waals surface area (Å²) in [4.78, 5) is 0. The van der Waals surface area contributed by atoms with Gasteiger partial charge in [-0.25, -0.2) is 0 Å². The van der Waals surface area contributed by atoms with Crippen LogP contribution >= 0.6 is 0 Å². The molecule has 3 atom stereocenters. The van der Waals surface area contributed by atoms with E-state index in [9.17, 15) is 0 Å². The summed E-state index contributed by atoms with van der Waals surface area (Å²) in [7, 11) is 0. The van der Waals surface area contributed by atoms with Crippen molar-refractivity contribution in [2.75, 3.05) is 26.3 Å². The molecule has 0 unspecified atom stereocenters. The maximum Gasteiger partial charge on any atom is 0.0744 e. The van der Waals surface area contributed by atoms with Crippen molar-refractivity contribution >= 4 is 0 Å². The van der Waals surface area contributed by atoms with E-state index in [2.05, 4.69) is 5.32 Å². The third kappa shape index (κ3) is 0.856. The number of hydrogen-bond donors (Lipinski definition) is 2. The fourth-order valence-corrected chi connectivity index (χ4v) is 1.89. The van der Waals surface area contributed by atoms with Gasteiger partial charge in [-0.15, -0.1) is 0 Å². The van der Waals surface area contributed by atoms with Crippen LogP contribution in [0.1, 0.15) is 0 Å². The Balaban J connectivity index is 2.01. The Morgan fingerprint density at radius 1 is 1.50 bits per heavy atom. The fraction of sp³-hybridized carbons (Fsp3) is 1.00. The Labute approximate surface area is 60.4 Å². The molecule has 0 aromatic rings. The Hall–Kier alpha value is -0.120. The van der Waals surface area contributed by atoms with E-state index >= 15 is 0 Å². The van der Waals surface area contributed by atoms with E-state index in [0.29, 0.717) is 17.9 Å². The maximum atomic E-state index is 8.91. The minimum atomic E-state index is 0.281. The Bertz CT molecular complexity index is 129. The van der Waals surface area contributed by atoms with Gasteiger partial charge in [0, 0.05) is 31.5 Å². The van der Waals surface area contributed by atoms with Crippen molar-refractivity contribution in [1.82, 2.24) is 5.32 Å². The van der Waals surface area contributed by atoms with Crippen LogP contribution < -0.4 is 5.32 Å². The number of rotatable bonds is 1. The number of fused-ring (bicyclic) bond motifs is 1. The second-order valence-electron chi connectivity index (χ2n) is 3.14. The standard InChI is InChI=1S/C7H13NO2/c9-3-5-4-10-7-2-8-1-6(5)7/h5-9H,1-4H2/t5-,6-,7-/m1/s1. The quantitative estimate of drug-likeness (QED) is 0.505. The first-order chi connectivity index (χ1) is 4.92. The summed E-state index contributed by atoms with van der Waals surface area (Å²) in [6.07, 6.45) is 0.386. The topological polar surface area (TPSA) is 41.5 Å². The van der Waals surface area contributed by atoms with Crippen molar-refractivity contribution in [2.45, 2.75) is 6.10 Å². The van der Waals surface area contributed by atoms with Gasteiger partial charge in [0.15, 0.2) is 0 Å². The van der Waals surface area contributed by atoms with Crippen molar-refractivity contribution < 1.29 is 9.84 Å². The zero-order chi connectivity index (χ0) is 6.97. The van der Waals surface area contributed by atoms with Crippen LogP contribution in [0.25, 0.3) is 0 Å². The second-order valence-corrected chi connectivity index (χ2v) is 3.14. The van der Waals surface area contributed by atoms with Crippen LogP contribution in [0.3, 0.4) is 0 Å². The maximum absolute atomic E-state index is 8.91. The second kappa shape index (κ2) is 2.49. The minimum absolute atomic E-state index is 0.281. The highest BCUT2D eigenvalue weighted by Gasteiger charge is 2.39. The lowest BCUT2D eigenvalue weighted by Crippen LogP contribution is -2.21. The fourth-order valence-electron chi connectivity index (χ4n) is 1.89.